The zero-order valence-electron chi connectivity index (χ0n) is 18.4. The van der Waals surface area contributed by atoms with Gasteiger partial charge < -0.3 is 9.88 Å². The number of hydrogen-bond donors (Lipinski definition) is 1. The summed E-state index contributed by atoms with van der Waals surface area (Å²) in [5.41, 5.74) is 2.99. The van der Waals surface area contributed by atoms with Crippen molar-refractivity contribution in [2.45, 2.75) is 36.8 Å². The summed E-state index contributed by atoms with van der Waals surface area (Å²) in [5, 5.41) is 2.41. The predicted octanol–water partition coefficient (Wildman–Crippen LogP) is 5.64. The van der Waals surface area contributed by atoms with E-state index in [4.69, 9.17) is 4.98 Å². The highest BCUT2D eigenvalue weighted by atomic mass is 32.2. The first kappa shape index (κ1) is 21.9. The van der Waals surface area contributed by atoms with Gasteiger partial charge in [-0.2, -0.15) is 0 Å². The quantitative estimate of drug-likeness (QED) is 0.392. The molecule has 0 saturated carbocycles. The van der Waals surface area contributed by atoms with Gasteiger partial charge in [0.1, 0.15) is 10.7 Å². The van der Waals surface area contributed by atoms with Crippen molar-refractivity contribution in [1.29, 1.82) is 0 Å². The van der Waals surface area contributed by atoms with Crippen molar-refractivity contribution in [2.24, 2.45) is 0 Å². The van der Waals surface area contributed by atoms with E-state index in [0.29, 0.717) is 17.0 Å². The van der Waals surface area contributed by atoms with Gasteiger partial charge in [0.25, 0.3) is 5.56 Å². The van der Waals surface area contributed by atoms with E-state index in [1.807, 2.05) is 65.7 Å². The second-order valence-corrected chi connectivity index (χ2v) is 10.4. The number of likely N-dealkylation sites (tertiary alicyclic amines) is 1. The van der Waals surface area contributed by atoms with Crippen molar-refractivity contribution in [3.05, 3.63) is 87.8 Å². The molecule has 5 rings (SSSR count). The second-order valence-electron chi connectivity index (χ2n) is 8.26. The first-order valence-electron chi connectivity index (χ1n) is 11.1. The fourth-order valence-electron chi connectivity index (χ4n) is 4.45. The molecule has 33 heavy (non-hydrogen) atoms. The number of fused-ring (bicyclic) bond motifs is 1. The fraction of sp³-hybridized carbons (Fsp3) is 0.269. The molecule has 0 bridgehead atoms. The summed E-state index contributed by atoms with van der Waals surface area (Å²) >= 11 is 3.00. The standard InChI is InChI=1S/C26H25N3O2S2/c1-17(26(31)29-14-8-13-21(29)19-11-6-3-7-12-19)32-16-22-27-24(30)23-20(15-33-25(23)28-22)18-9-4-2-5-10-18/h2-7,9-12,15,17,21H,8,13-14,16H2,1H3,(H,27,28,30)/t17-,21+/m1/s1. The van der Waals surface area contributed by atoms with Crippen LogP contribution in [-0.4, -0.2) is 32.6 Å². The van der Waals surface area contributed by atoms with Gasteiger partial charge >= 0.3 is 0 Å². The van der Waals surface area contributed by atoms with E-state index >= 15 is 0 Å². The number of nitrogens with zero attached hydrogens (tertiary/aromatic N) is 2. The van der Waals surface area contributed by atoms with Gasteiger partial charge in [0.2, 0.25) is 5.91 Å². The smallest absolute Gasteiger partial charge is 0.260 e. The van der Waals surface area contributed by atoms with Crippen molar-refractivity contribution in [3.8, 4) is 11.1 Å². The highest BCUT2D eigenvalue weighted by Gasteiger charge is 2.32. The van der Waals surface area contributed by atoms with Crippen LogP contribution in [0.3, 0.4) is 0 Å². The van der Waals surface area contributed by atoms with E-state index in [1.54, 1.807) is 0 Å². The predicted molar refractivity (Wildman–Crippen MR) is 137 cm³/mol. The molecule has 1 aliphatic heterocycles. The molecule has 5 nitrogen and oxygen atoms in total. The summed E-state index contributed by atoms with van der Waals surface area (Å²) in [7, 11) is 0. The maximum Gasteiger partial charge on any atom is 0.260 e. The molecular weight excluding hydrogens is 450 g/mol. The molecule has 1 N–H and O–H groups in total. The van der Waals surface area contributed by atoms with Gasteiger partial charge in [-0.05, 0) is 30.9 Å². The van der Waals surface area contributed by atoms with Crippen LogP contribution in [0.5, 0.6) is 0 Å². The number of carbonyl (C=O) groups is 1. The zero-order chi connectivity index (χ0) is 22.8. The van der Waals surface area contributed by atoms with Gasteiger partial charge in [0.05, 0.1) is 22.4 Å². The summed E-state index contributed by atoms with van der Waals surface area (Å²) < 4.78 is 0. The summed E-state index contributed by atoms with van der Waals surface area (Å²) in [6.45, 7) is 2.74. The average Bonchev–Trinajstić information content (AvgIpc) is 3.51. The fourth-order valence-corrected chi connectivity index (χ4v) is 6.24. The maximum atomic E-state index is 13.2. The summed E-state index contributed by atoms with van der Waals surface area (Å²) in [6, 6.07) is 20.3. The first-order chi connectivity index (χ1) is 16.1. The number of carbonyl (C=O) groups excluding carboxylic acids is 1. The molecule has 1 saturated heterocycles. The lowest BCUT2D eigenvalue weighted by atomic mass is 10.0. The second kappa shape index (κ2) is 9.53. The molecular formula is C26H25N3O2S2. The van der Waals surface area contributed by atoms with E-state index in [1.165, 1.54) is 28.7 Å². The molecule has 0 unspecified atom stereocenters. The number of H-pyrrole nitrogens is 1. The van der Waals surface area contributed by atoms with Gasteiger partial charge in [-0.15, -0.1) is 23.1 Å². The van der Waals surface area contributed by atoms with Gasteiger partial charge in [0.15, 0.2) is 0 Å². The van der Waals surface area contributed by atoms with E-state index in [9.17, 15) is 9.59 Å². The summed E-state index contributed by atoms with van der Waals surface area (Å²) in [6.07, 6.45) is 2.02. The van der Waals surface area contributed by atoms with Crippen molar-refractivity contribution < 1.29 is 4.79 Å². The molecule has 0 aliphatic carbocycles. The number of aromatic amines is 1. The van der Waals surface area contributed by atoms with Crippen LogP contribution in [0.4, 0.5) is 0 Å². The monoisotopic (exact) mass is 475 g/mol. The third-order valence-corrected chi connectivity index (χ3v) is 8.13. The lowest BCUT2D eigenvalue weighted by Crippen LogP contribution is -2.36. The Morgan fingerprint density at radius 3 is 2.67 bits per heavy atom. The number of thiophene rings is 1. The van der Waals surface area contributed by atoms with Crippen molar-refractivity contribution in [1.82, 2.24) is 14.9 Å². The van der Waals surface area contributed by atoms with Crippen LogP contribution >= 0.6 is 23.1 Å². The van der Waals surface area contributed by atoms with Crippen LogP contribution in [0.15, 0.2) is 70.8 Å². The lowest BCUT2D eigenvalue weighted by molar-refractivity contribution is -0.131. The van der Waals surface area contributed by atoms with Crippen LogP contribution in [0, 0.1) is 0 Å². The number of hydrogen-bond acceptors (Lipinski definition) is 5. The van der Waals surface area contributed by atoms with Crippen LogP contribution in [0.25, 0.3) is 21.3 Å². The Balaban J connectivity index is 1.29. The maximum absolute atomic E-state index is 13.2. The Labute approximate surface area is 200 Å². The molecule has 0 spiro atoms. The van der Waals surface area contributed by atoms with Crippen LogP contribution in [0.1, 0.15) is 37.2 Å². The Hall–Kier alpha value is -2.90. The third-order valence-electron chi connectivity index (χ3n) is 6.12. The topological polar surface area (TPSA) is 66.1 Å². The first-order valence-corrected chi connectivity index (χ1v) is 13.1. The molecule has 4 aromatic rings. The van der Waals surface area contributed by atoms with Crippen LogP contribution in [0.2, 0.25) is 0 Å². The van der Waals surface area contributed by atoms with Crippen LogP contribution < -0.4 is 5.56 Å². The Bertz CT molecular complexity index is 1320. The van der Waals surface area contributed by atoms with E-state index in [0.717, 1.165) is 35.3 Å². The highest BCUT2D eigenvalue weighted by molar-refractivity contribution is 7.99. The molecule has 168 valence electrons. The molecule has 1 aliphatic rings. The number of nitrogens with one attached hydrogen (secondary N) is 1. The summed E-state index contributed by atoms with van der Waals surface area (Å²) in [5.74, 6) is 1.25. The largest absolute Gasteiger partial charge is 0.335 e. The molecule has 1 amide bonds. The molecule has 2 aromatic carbocycles. The van der Waals surface area contributed by atoms with Gasteiger partial charge in [0, 0.05) is 17.5 Å². The van der Waals surface area contributed by atoms with Crippen molar-refractivity contribution >= 4 is 39.2 Å². The van der Waals surface area contributed by atoms with E-state index in [2.05, 4.69) is 17.1 Å². The Kier molecular flexibility index (Phi) is 6.33. The number of benzene rings is 2. The average molecular weight is 476 g/mol. The number of rotatable bonds is 6. The number of amides is 1. The minimum atomic E-state index is -0.210. The highest BCUT2D eigenvalue weighted by Crippen LogP contribution is 2.34. The number of thioether (sulfide) groups is 1. The van der Waals surface area contributed by atoms with Crippen molar-refractivity contribution in [3.63, 3.8) is 0 Å². The van der Waals surface area contributed by atoms with Crippen LogP contribution in [-0.2, 0) is 10.5 Å². The van der Waals surface area contributed by atoms with Gasteiger partial charge in [-0.25, -0.2) is 4.98 Å². The zero-order valence-corrected chi connectivity index (χ0v) is 20.0. The molecule has 0 radical (unpaired) electrons. The van der Waals surface area contributed by atoms with E-state index < -0.39 is 0 Å². The molecule has 2 atom stereocenters. The normalized spacial score (nSPS) is 16.9. The van der Waals surface area contributed by atoms with Gasteiger partial charge in [-0.1, -0.05) is 60.7 Å². The third kappa shape index (κ3) is 4.48. The SMILES string of the molecule is C[C@@H](SCc1nc2scc(-c3ccccc3)c2c(=O)[nH]1)C(=O)N1CCC[C@H]1c1ccccc1. The minimum Gasteiger partial charge on any atom is -0.335 e. The van der Waals surface area contributed by atoms with Crippen molar-refractivity contribution in [2.75, 3.05) is 6.54 Å². The minimum absolute atomic E-state index is 0.127. The molecule has 2 aromatic heterocycles. The number of aromatic nitrogens is 2. The lowest BCUT2D eigenvalue weighted by Gasteiger charge is -2.27. The molecule has 3 heterocycles. The Morgan fingerprint density at radius 1 is 1.18 bits per heavy atom. The Morgan fingerprint density at radius 2 is 1.91 bits per heavy atom. The summed E-state index contributed by atoms with van der Waals surface area (Å²) in [4.78, 5) is 36.4. The molecule has 1 fully saturated rings. The van der Waals surface area contributed by atoms with E-state index in [-0.39, 0.29) is 22.8 Å². The van der Waals surface area contributed by atoms with Gasteiger partial charge in [-0.3, -0.25) is 9.59 Å². The molecule has 7 heteroatoms.